The van der Waals surface area contributed by atoms with E-state index in [1.54, 1.807) is 0 Å². The van der Waals surface area contributed by atoms with Gasteiger partial charge in [-0.1, -0.05) is 0 Å². The van der Waals surface area contributed by atoms with Crippen molar-refractivity contribution in [3.8, 4) is 0 Å². The van der Waals surface area contributed by atoms with Crippen LogP contribution in [0.3, 0.4) is 0 Å². The first-order chi connectivity index (χ1) is 7.50. The number of aromatic nitrogens is 1. The molecule has 1 fully saturated rings. The molecule has 3 N–H and O–H groups in total. The molecule has 0 amide bonds. The summed E-state index contributed by atoms with van der Waals surface area (Å²) in [6.45, 7) is 1.41. The molecule has 1 aliphatic rings. The highest BCUT2D eigenvalue weighted by Gasteiger charge is 2.27. The number of aromatic carboxylic acids is 1. The Morgan fingerprint density at radius 1 is 1.56 bits per heavy atom. The maximum Gasteiger partial charge on any atom is 0.336 e. The first kappa shape index (κ1) is 10.6. The summed E-state index contributed by atoms with van der Waals surface area (Å²) < 4.78 is 0. The smallest absolute Gasteiger partial charge is 0.336 e. The zero-order valence-corrected chi connectivity index (χ0v) is 8.83. The normalized spacial score (nSPS) is 14.8. The van der Waals surface area contributed by atoms with Crippen LogP contribution in [-0.4, -0.2) is 21.8 Å². The molecule has 1 aromatic rings. The molecule has 0 aromatic carbocycles. The van der Waals surface area contributed by atoms with Crippen molar-refractivity contribution >= 4 is 11.7 Å². The Bertz CT molecular complexity index is 527. The standard InChI is InChI=1S/C11H12N2O3/c1-5(12)9-7(11(15)16)4-8(6-2-3-6)13-10(9)14/h4,6,12H,2-3H2,1H3,(H,13,14)(H,15,16). The Labute approximate surface area is 91.6 Å². The number of hydrogen-bond acceptors (Lipinski definition) is 3. The van der Waals surface area contributed by atoms with Gasteiger partial charge in [0.1, 0.15) is 0 Å². The van der Waals surface area contributed by atoms with E-state index in [1.165, 1.54) is 13.0 Å². The average Bonchev–Trinajstić information content (AvgIpc) is 2.98. The lowest BCUT2D eigenvalue weighted by atomic mass is 10.0. The van der Waals surface area contributed by atoms with Gasteiger partial charge in [-0.25, -0.2) is 4.79 Å². The average molecular weight is 220 g/mol. The number of H-pyrrole nitrogens is 1. The second kappa shape index (κ2) is 3.59. The number of carbonyl (C=O) groups is 1. The lowest BCUT2D eigenvalue weighted by Crippen LogP contribution is -2.22. The number of hydrogen-bond donors (Lipinski definition) is 3. The van der Waals surface area contributed by atoms with E-state index in [-0.39, 0.29) is 22.8 Å². The largest absolute Gasteiger partial charge is 0.478 e. The maximum atomic E-state index is 11.7. The molecule has 0 spiro atoms. The summed E-state index contributed by atoms with van der Waals surface area (Å²) in [6, 6.07) is 1.48. The molecule has 5 nitrogen and oxygen atoms in total. The van der Waals surface area contributed by atoms with E-state index in [0.29, 0.717) is 5.69 Å². The number of carboxylic acid groups (broad SMARTS) is 1. The molecule has 16 heavy (non-hydrogen) atoms. The highest BCUT2D eigenvalue weighted by atomic mass is 16.4. The van der Waals surface area contributed by atoms with Gasteiger partial charge in [-0.3, -0.25) is 4.79 Å². The van der Waals surface area contributed by atoms with E-state index in [2.05, 4.69) is 4.98 Å². The summed E-state index contributed by atoms with van der Waals surface area (Å²) in [5.74, 6) is -0.875. The fraction of sp³-hybridized carbons (Fsp3) is 0.364. The Hall–Kier alpha value is -1.91. The minimum atomic E-state index is -1.16. The fourth-order valence-corrected chi connectivity index (χ4v) is 1.73. The van der Waals surface area contributed by atoms with Crippen LogP contribution in [0.25, 0.3) is 0 Å². The van der Waals surface area contributed by atoms with Crippen molar-refractivity contribution in [2.24, 2.45) is 0 Å². The SMILES string of the molecule is CC(=N)c1c(C(=O)O)cc(C2CC2)[nH]c1=O. The summed E-state index contributed by atoms with van der Waals surface area (Å²) in [6.07, 6.45) is 1.97. The number of rotatable bonds is 3. The third-order valence-electron chi connectivity index (χ3n) is 2.68. The maximum absolute atomic E-state index is 11.7. The Morgan fingerprint density at radius 2 is 2.19 bits per heavy atom. The van der Waals surface area contributed by atoms with Gasteiger partial charge in [0, 0.05) is 11.4 Å². The molecule has 2 rings (SSSR count). The van der Waals surface area contributed by atoms with Gasteiger partial charge in [0.05, 0.1) is 11.1 Å². The van der Waals surface area contributed by atoms with Crippen LogP contribution in [0.5, 0.6) is 0 Å². The van der Waals surface area contributed by atoms with Gasteiger partial charge in [0.2, 0.25) is 0 Å². The van der Waals surface area contributed by atoms with Crippen molar-refractivity contribution in [1.82, 2.24) is 4.98 Å². The number of carboxylic acids is 1. The summed E-state index contributed by atoms with van der Waals surface area (Å²) in [7, 11) is 0. The Balaban J connectivity index is 2.65. The molecule has 0 saturated heterocycles. The van der Waals surface area contributed by atoms with E-state index in [1.807, 2.05) is 0 Å². The van der Waals surface area contributed by atoms with Gasteiger partial charge in [0.15, 0.2) is 0 Å². The van der Waals surface area contributed by atoms with E-state index in [4.69, 9.17) is 10.5 Å². The molecule has 1 heterocycles. The lowest BCUT2D eigenvalue weighted by Gasteiger charge is -2.06. The Kier molecular flexibility index (Phi) is 2.38. The summed E-state index contributed by atoms with van der Waals surface area (Å²) in [5.41, 5.74) is 0.0535. The highest BCUT2D eigenvalue weighted by Crippen LogP contribution is 2.38. The summed E-state index contributed by atoms with van der Waals surface area (Å²) in [5, 5.41) is 16.4. The number of nitrogens with one attached hydrogen (secondary N) is 2. The van der Waals surface area contributed by atoms with Gasteiger partial charge in [-0.2, -0.15) is 0 Å². The molecule has 84 valence electrons. The minimum absolute atomic E-state index is 0.0269. The van der Waals surface area contributed by atoms with Crippen LogP contribution in [0.2, 0.25) is 0 Å². The summed E-state index contributed by atoms with van der Waals surface area (Å²) >= 11 is 0. The first-order valence-corrected chi connectivity index (χ1v) is 5.06. The predicted octanol–water partition coefficient (Wildman–Crippen LogP) is 1.34. The molecular formula is C11H12N2O3. The molecule has 0 aliphatic heterocycles. The second-order valence-corrected chi connectivity index (χ2v) is 4.05. The third-order valence-corrected chi connectivity index (χ3v) is 2.68. The van der Waals surface area contributed by atoms with Gasteiger partial charge < -0.3 is 15.5 Å². The minimum Gasteiger partial charge on any atom is -0.478 e. The molecular weight excluding hydrogens is 208 g/mol. The topological polar surface area (TPSA) is 94.0 Å². The predicted molar refractivity (Wildman–Crippen MR) is 58.5 cm³/mol. The second-order valence-electron chi connectivity index (χ2n) is 4.05. The zero-order chi connectivity index (χ0) is 11.9. The van der Waals surface area contributed by atoms with E-state index in [0.717, 1.165) is 12.8 Å². The molecule has 5 heteroatoms. The van der Waals surface area contributed by atoms with Crippen molar-refractivity contribution in [2.75, 3.05) is 0 Å². The van der Waals surface area contributed by atoms with Crippen molar-refractivity contribution in [3.63, 3.8) is 0 Å². The third kappa shape index (κ3) is 1.76. The monoisotopic (exact) mass is 220 g/mol. The highest BCUT2D eigenvalue weighted by molar-refractivity contribution is 6.05. The molecule has 0 atom stereocenters. The summed E-state index contributed by atoms with van der Waals surface area (Å²) in [4.78, 5) is 25.4. The van der Waals surface area contributed by atoms with E-state index >= 15 is 0 Å². The molecule has 0 bridgehead atoms. The van der Waals surface area contributed by atoms with Crippen molar-refractivity contribution in [3.05, 3.63) is 33.2 Å². The van der Waals surface area contributed by atoms with Gasteiger partial charge in [-0.05, 0) is 31.7 Å². The molecule has 1 aromatic heterocycles. The molecule has 1 saturated carbocycles. The van der Waals surface area contributed by atoms with Crippen LogP contribution in [0.15, 0.2) is 10.9 Å². The van der Waals surface area contributed by atoms with Gasteiger partial charge in [0.25, 0.3) is 5.56 Å². The van der Waals surface area contributed by atoms with Crippen molar-refractivity contribution in [1.29, 1.82) is 5.41 Å². The Morgan fingerprint density at radius 3 is 2.62 bits per heavy atom. The van der Waals surface area contributed by atoms with Crippen LogP contribution >= 0.6 is 0 Å². The van der Waals surface area contributed by atoms with Crippen LogP contribution in [0.4, 0.5) is 0 Å². The van der Waals surface area contributed by atoms with Crippen LogP contribution in [0, 0.1) is 5.41 Å². The fourth-order valence-electron chi connectivity index (χ4n) is 1.73. The van der Waals surface area contributed by atoms with Crippen molar-refractivity contribution in [2.45, 2.75) is 25.7 Å². The molecule has 0 radical (unpaired) electrons. The lowest BCUT2D eigenvalue weighted by molar-refractivity contribution is 0.0696. The van der Waals surface area contributed by atoms with Crippen LogP contribution in [0.1, 0.15) is 47.3 Å². The first-order valence-electron chi connectivity index (χ1n) is 5.06. The number of aromatic amines is 1. The zero-order valence-electron chi connectivity index (χ0n) is 8.83. The quantitative estimate of drug-likeness (QED) is 0.671. The van der Waals surface area contributed by atoms with E-state index < -0.39 is 11.5 Å². The molecule has 0 unspecified atom stereocenters. The van der Waals surface area contributed by atoms with Crippen LogP contribution < -0.4 is 5.56 Å². The van der Waals surface area contributed by atoms with E-state index in [9.17, 15) is 9.59 Å². The van der Waals surface area contributed by atoms with Gasteiger partial charge >= 0.3 is 5.97 Å². The number of pyridine rings is 1. The van der Waals surface area contributed by atoms with Crippen LogP contribution in [-0.2, 0) is 0 Å². The molecule has 1 aliphatic carbocycles. The van der Waals surface area contributed by atoms with Crippen molar-refractivity contribution < 1.29 is 9.90 Å². The van der Waals surface area contributed by atoms with Gasteiger partial charge in [-0.15, -0.1) is 0 Å².